The molecular formula is C3H5BNO. The highest BCUT2D eigenvalue weighted by Gasteiger charge is 2.08. The lowest BCUT2D eigenvalue weighted by atomic mass is 9.78. The summed E-state index contributed by atoms with van der Waals surface area (Å²) in [5.74, 6) is 0.0787. The van der Waals surface area contributed by atoms with Gasteiger partial charge < -0.3 is 5.32 Å². The maximum atomic E-state index is 10.1. The molecule has 1 fully saturated rings. The van der Waals surface area contributed by atoms with E-state index in [1.54, 1.807) is 7.28 Å². The van der Waals surface area contributed by atoms with Crippen molar-refractivity contribution in [3.05, 3.63) is 0 Å². The summed E-state index contributed by atoms with van der Waals surface area (Å²) in [5, 5.41) is 2.62. The zero-order valence-corrected chi connectivity index (χ0v) is 3.40. The highest BCUT2D eigenvalue weighted by molar-refractivity contribution is 6.74. The number of carbonyl (C=O) groups excluding carboxylic acids is 1. The summed E-state index contributed by atoms with van der Waals surface area (Å²) < 4.78 is 0. The van der Waals surface area contributed by atoms with E-state index in [0.29, 0.717) is 0 Å². The highest BCUT2D eigenvalue weighted by atomic mass is 16.1. The molecule has 2 nitrogen and oxygen atoms in total. The molecule has 0 aliphatic carbocycles. The Balaban J connectivity index is 2.37. The predicted octanol–water partition coefficient (Wildman–Crippen LogP) is -0.168. The number of rotatable bonds is 0. The van der Waals surface area contributed by atoms with Crippen LogP contribution in [-0.2, 0) is 0 Å². The van der Waals surface area contributed by atoms with Crippen LogP contribution >= 0.6 is 0 Å². The number of nitrogens with one attached hydrogen (secondary N) is 1. The summed E-state index contributed by atoms with van der Waals surface area (Å²) in [5.41, 5.74) is 0. The molecule has 1 amide bonds. The number of carbonyl (C=O) groups is 1. The van der Waals surface area contributed by atoms with Crippen LogP contribution in [0.5, 0.6) is 0 Å². The van der Waals surface area contributed by atoms with Crippen molar-refractivity contribution < 1.29 is 4.79 Å². The van der Waals surface area contributed by atoms with Gasteiger partial charge in [0.1, 0.15) is 0 Å². The average Bonchev–Trinajstić information content (AvgIpc) is 1.86. The number of amides is 1. The van der Waals surface area contributed by atoms with Gasteiger partial charge >= 0.3 is 0 Å². The minimum Gasteiger partial charge on any atom is -0.366 e. The molecule has 0 saturated carbocycles. The molecule has 0 aromatic rings. The molecule has 1 N–H and O–H groups in total. The first-order valence-corrected chi connectivity index (χ1v) is 2.00. The molecular weight excluding hydrogens is 76.9 g/mol. The number of hydrogen-bond acceptors (Lipinski definition) is 1. The Hall–Kier alpha value is -0.465. The first kappa shape index (κ1) is 3.72. The standard InChI is InChI=1S/C3H5BNO/c6-3-4-1-2-5-3/h1-2H2,(H,5,6). The van der Waals surface area contributed by atoms with E-state index < -0.39 is 0 Å². The minimum absolute atomic E-state index is 0.0787. The lowest BCUT2D eigenvalue weighted by Gasteiger charge is -1.81. The zero-order chi connectivity index (χ0) is 4.41. The van der Waals surface area contributed by atoms with E-state index in [-0.39, 0.29) is 5.81 Å². The fourth-order valence-electron chi connectivity index (χ4n) is 0.471. The van der Waals surface area contributed by atoms with E-state index >= 15 is 0 Å². The first-order valence-electron chi connectivity index (χ1n) is 2.00. The molecule has 1 heterocycles. The van der Waals surface area contributed by atoms with Gasteiger partial charge in [-0.05, 0) is 0 Å². The van der Waals surface area contributed by atoms with Gasteiger partial charge in [-0.2, -0.15) is 0 Å². The van der Waals surface area contributed by atoms with Crippen molar-refractivity contribution in [3.63, 3.8) is 0 Å². The molecule has 0 spiro atoms. The molecule has 1 saturated heterocycles. The van der Waals surface area contributed by atoms with Crippen LogP contribution in [0, 0.1) is 0 Å². The molecule has 0 aromatic heterocycles. The van der Waals surface area contributed by atoms with Gasteiger partial charge in [-0.25, -0.2) is 0 Å². The van der Waals surface area contributed by atoms with Crippen molar-refractivity contribution >= 4 is 13.1 Å². The molecule has 3 heteroatoms. The Labute approximate surface area is 37.2 Å². The van der Waals surface area contributed by atoms with Crippen molar-refractivity contribution in [1.29, 1.82) is 0 Å². The van der Waals surface area contributed by atoms with Gasteiger partial charge in [0, 0.05) is 6.54 Å². The molecule has 1 aliphatic rings. The van der Waals surface area contributed by atoms with Crippen LogP contribution < -0.4 is 5.32 Å². The fourth-order valence-corrected chi connectivity index (χ4v) is 0.471. The van der Waals surface area contributed by atoms with Crippen molar-refractivity contribution in [1.82, 2.24) is 5.32 Å². The third kappa shape index (κ3) is 0.532. The van der Waals surface area contributed by atoms with Crippen molar-refractivity contribution in [3.8, 4) is 0 Å². The maximum Gasteiger partial charge on any atom is 0.234 e. The normalized spacial score (nSPS) is 19.7. The fraction of sp³-hybridized carbons (Fsp3) is 0.667. The first-order chi connectivity index (χ1) is 2.89. The zero-order valence-electron chi connectivity index (χ0n) is 3.40. The van der Waals surface area contributed by atoms with Crippen molar-refractivity contribution in [2.75, 3.05) is 6.54 Å². The summed E-state index contributed by atoms with van der Waals surface area (Å²) >= 11 is 0. The van der Waals surface area contributed by atoms with Crippen LogP contribution in [-0.4, -0.2) is 19.6 Å². The van der Waals surface area contributed by atoms with Gasteiger partial charge in [0.2, 0.25) is 7.28 Å². The van der Waals surface area contributed by atoms with Crippen LogP contribution in [0.1, 0.15) is 0 Å². The van der Waals surface area contributed by atoms with Crippen LogP contribution in [0.3, 0.4) is 0 Å². The summed E-state index contributed by atoms with van der Waals surface area (Å²) in [6.07, 6.45) is 0.902. The third-order valence-corrected chi connectivity index (χ3v) is 0.773. The van der Waals surface area contributed by atoms with E-state index in [9.17, 15) is 4.79 Å². The second-order valence-corrected chi connectivity index (χ2v) is 1.28. The Morgan fingerprint density at radius 3 is 2.83 bits per heavy atom. The molecule has 0 unspecified atom stereocenters. The smallest absolute Gasteiger partial charge is 0.234 e. The quantitative estimate of drug-likeness (QED) is 0.404. The van der Waals surface area contributed by atoms with Gasteiger partial charge in [0.15, 0.2) is 5.81 Å². The highest BCUT2D eigenvalue weighted by Crippen LogP contribution is 1.85. The van der Waals surface area contributed by atoms with E-state index in [1.165, 1.54) is 0 Å². The van der Waals surface area contributed by atoms with Crippen molar-refractivity contribution in [2.45, 2.75) is 6.32 Å². The van der Waals surface area contributed by atoms with Gasteiger partial charge in [-0.1, -0.05) is 6.32 Å². The summed E-state index contributed by atoms with van der Waals surface area (Å²) in [6, 6.07) is 0. The lowest BCUT2D eigenvalue weighted by molar-refractivity contribution is 0.261. The molecule has 1 aliphatic heterocycles. The van der Waals surface area contributed by atoms with Crippen LogP contribution in [0.15, 0.2) is 0 Å². The predicted molar refractivity (Wildman–Crippen MR) is 24.0 cm³/mol. The maximum absolute atomic E-state index is 10.1. The van der Waals surface area contributed by atoms with Crippen LogP contribution in [0.4, 0.5) is 4.79 Å². The van der Waals surface area contributed by atoms with Crippen molar-refractivity contribution in [2.24, 2.45) is 0 Å². The lowest BCUT2D eigenvalue weighted by Crippen LogP contribution is -2.14. The molecule has 6 heavy (non-hydrogen) atoms. The summed E-state index contributed by atoms with van der Waals surface area (Å²) in [4.78, 5) is 10.1. The monoisotopic (exact) mass is 82.0 g/mol. The second kappa shape index (κ2) is 1.33. The Morgan fingerprint density at radius 1 is 1.83 bits per heavy atom. The topological polar surface area (TPSA) is 29.1 Å². The Bertz CT molecular complexity index is 65.2. The Kier molecular flexibility index (Phi) is 0.822. The van der Waals surface area contributed by atoms with Crippen LogP contribution in [0.25, 0.3) is 0 Å². The van der Waals surface area contributed by atoms with Gasteiger partial charge in [0.05, 0.1) is 0 Å². The van der Waals surface area contributed by atoms with Gasteiger partial charge in [0.25, 0.3) is 0 Å². The molecule has 0 aromatic carbocycles. The molecule has 0 bridgehead atoms. The molecule has 0 atom stereocenters. The van der Waals surface area contributed by atoms with Gasteiger partial charge in [-0.3, -0.25) is 4.79 Å². The van der Waals surface area contributed by atoms with Gasteiger partial charge in [-0.15, -0.1) is 0 Å². The van der Waals surface area contributed by atoms with E-state index in [4.69, 9.17) is 0 Å². The van der Waals surface area contributed by atoms with Crippen LogP contribution in [0.2, 0.25) is 6.32 Å². The van der Waals surface area contributed by atoms with E-state index in [2.05, 4.69) is 5.32 Å². The van der Waals surface area contributed by atoms with E-state index in [0.717, 1.165) is 12.9 Å². The summed E-state index contributed by atoms with van der Waals surface area (Å²) in [7, 11) is 1.65. The third-order valence-electron chi connectivity index (χ3n) is 0.773. The Morgan fingerprint density at radius 2 is 2.67 bits per heavy atom. The second-order valence-electron chi connectivity index (χ2n) is 1.28. The minimum atomic E-state index is 0.0787. The average molecular weight is 81.9 g/mol. The SMILES string of the molecule is O=C1[B]CCN1. The number of hydrogen-bond donors (Lipinski definition) is 1. The molecule has 31 valence electrons. The largest absolute Gasteiger partial charge is 0.366 e. The molecule has 1 radical (unpaired) electrons. The van der Waals surface area contributed by atoms with E-state index in [1.807, 2.05) is 0 Å². The summed E-state index contributed by atoms with van der Waals surface area (Å²) in [6.45, 7) is 0.832. The molecule has 1 rings (SSSR count).